The standard InChI is InChI=1S/C13H10BrNO3/c1-8-7-9(14)4-5-10(8)18-11-3-2-6-15-12(11)13(16)17/h2-7H,1H3,(H,16,17). The van der Waals surface area contributed by atoms with E-state index in [0.717, 1.165) is 10.0 Å². The summed E-state index contributed by atoms with van der Waals surface area (Å²) >= 11 is 3.36. The second kappa shape index (κ2) is 5.18. The minimum atomic E-state index is -1.11. The van der Waals surface area contributed by atoms with Crippen molar-refractivity contribution >= 4 is 21.9 Å². The van der Waals surface area contributed by atoms with Gasteiger partial charge >= 0.3 is 5.97 Å². The normalized spacial score (nSPS) is 10.1. The van der Waals surface area contributed by atoms with Crippen LogP contribution < -0.4 is 4.74 Å². The molecule has 2 aromatic rings. The summed E-state index contributed by atoms with van der Waals surface area (Å²) in [6.07, 6.45) is 1.42. The van der Waals surface area contributed by atoms with Crippen LogP contribution in [-0.2, 0) is 0 Å². The average Bonchev–Trinajstić information content (AvgIpc) is 2.33. The van der Waals surface area contributed by atoms with Gasteiger partial charge in [0.15, 0.2) is 11.4 Å². The van der Waals surface area contributed by atoms with E-state index in [0.29, 0.717) is 5.75 Å². The molecule has 5 heteroatoms. The Morgan fingerprint density at radius 2 is 2.11 bits per heavy atom. The van der Waals surface area contributed by atoms with Gasteiger partial charge in [0.2, 0.25) is 0 Å². The third-order valence-corrected chi connectivity index (χ3v) is 2.82. The highest BCUT2D eigenvalue weighted by atomic mass is 79.9. The highest BCUT2D eigenvalue weighted by molar-refractivity contribution is 9.10. The fraction of sp³-hybridized carbons (Fsp3) is 0.0769. The molecule has 1 N–H and O–H groups in total. The van der Waals surface area contributed by atoms with Crippen LogP contribution in [0.25, 0.3) is 0 Å². The van der Waals surface area contributed by atoms with Crippen molar-refractivity contribution in [3.8, 4) is 11.5 Å². The molecule has 0 fully saturated rings. The highest BCUT2D eigenvalue weighted by Crippen LogP contribution is 2.28. The number of ether oxygens (including phenoxy) is 1. The number of carboxylic acids is 1. The summed E-state index contributed by atoms with van der Waals surface area (Å²) in [4.78, 5) is 14.8. The fourth-order valence-corrected chi connectivity index (χ4v) is 1.95. The monoisotopic (exact) mass is 307 g/mol. The third-order valence-electron chi connectivity index (χ3n) is 2.33. The van der Waals surface area contributed by atoms with Crippen molar-refractivity contribution in [2.45, 2.75) is 6.92 Å². The molecule has 92 valence electrons. The van der Waals surface area contributed by atoms with Crippen LogP contribution in [-0.4, -0.2) is 16.1 Å². The zero-order valence-corrected chi connectivity index (χ0v) is 11.1. The van der Waals surface area contributed by atoms with Gasteiger partial charge in [-0.2, -0.15) is 0 Å². The quantitative estimate of drug-likeness (QED) is 0.940. The molecule has 0 saturated carbocycles. The van der Waals surface area contributed by atoms with Crippen molar-refractivity contribution in [1.29, 1.82) is 0 Å². The maximum absolute atomic E-state index is 11.0. The molecule has 1 heterocycles. The van der Waals surface area contributed by atoms with Crippen molar-refractivity contribution in [1.82, 2.24) is 4.98 Å². The van der Waals surface area contributed by atoms with Gasteiger partial charge in [0.1, 0.15) is 5.75 Å². The first kappa shape index (κ1) is 12.6. The first-order chi connectivity index (χ1) is 8.58. The number of hydrogen-bond acceptors (Lipinski definition) is 3. The van der Waals surface area contributed by atoms with Gasteiger partial charge in [0.25, 0.3) is 0 Å². The van der Waals surface area contributed by atoms with Crippen LogP contribution >= 0.6 is 15.9 Å². The number of halogens is 1. The Labute approximate surface area is 112 Å². The van der Waals surface area contributed by atoms with Crippen molar-refractivity contribution in [2.75, 3.05) is 0 Å². The van der Waals surface area contributed by atoms with Crippen LogP contribution in [0.15, 0.2) is 41.0 Å². The average molecular weight is 308 g/mol. The lowest BCUT2D eigenvalue weighted by Gasteiger charge is -2.10. The summed E-state index contributed by atoms with van der Waals surface area (Å²) in [5, 5.41) is 9.01. The lowest BCUT2D eigenvalue weighted by Crippen LogP contribution is -2.03. The molecular weight excluding hydrogens is 298 g/mol. The predicted octanol–water partition coefficient (Wildman–Crippen LogP) is 3.64. The Morgan fingerprint density at radius 1 is 1.33 bits per heavy atom. The third kappa shape index (κ3) is 2.68. The van der Waals surface area contributed by atoms with E-state index in [1.165, 1.54) is 6.20 Å². The van der Waals surface area contributed by atoms with Crippen molar-refractivity contribution in [3.63, 3.8) is 0 Å². The number of pyridine rings is 1. The zero-order valence-electron chi connectivity index (χ0n) is 9.55. The Morgan fingerprint density at radius 3 is 2.78 bits per heavy atom. The van der Waals surface area contributed by atoms with Crippen LogP contribution in [0, 0.1) is 6.92 Å². The summed E-state index contributed by atoms with van der Waals surface area (Å²) in [6, 6.07) is 8.72. The number of carboxylic acid groups (broad SMARTS) is 1. The maximum atomic E-state index is 11.0. The molecule has 0 atom stereocenters. The highest BCUT2D eigenvalue weighted by Gasteiger charge is 2.13. The van der Waals surface area contributed by atoms with Crippen LogP contribution in [0.3, 0.4) is 0 Å². The van der Waals surface area contributed by atoms with Gasteiger partial charge in [0, 0.05) is 10.7 Å². The number of aryl methyl sites for hydroxylation is 1. The van der Waals surface area contributed by atoms with E-state index in [1.54, 1.807) is 18.2 Å². The van der Waals surface area contributed by atoms with Crippen LogP contribution in [0.5, 0.6) is 11.5 Å². The van der Waals surface area contributed by atoms with E-state index in [9.17, 15) is 4.79 Å². The molecule has 0 aliphatic rings. The van der Waals surface area contributed by atoms with E-state index in [4.69, 9.17) is 9.84 Å². The maximum Gasteiger partial charge on any atom is 0.358 e. The Hall–Kier alpha value is -1.88. The molecule has 0 spiro atoms. The molecule has 1 aromatic heterocycles. The van der Waals surface area contributed by atoms with E-state index >= 15 is 0 Å². The molecule has 0 amide bonds. The first-order valence-corrected chi connectivity index (χ1v) is 5.99. The topological polar surface area (TPSA) is 59.4 Å². The van der Waals surface area contributed by atoms with Crippen molar-refractivity contribution in [3.05, 3.63) is 52.3 Å². The van der Waals surface area contributed by atoms with Crippen LogP contribution in [0.2, 0.25) is 0 Å². The number of rotatable bonds is 3. The number of hydrogen-bond donors (Lipinski definition) is 1. The molecule has 18 heavy (non-hydrogen) atoms. The van der Waals surface area contributed by atoms with E-state index in [1.807, 2.05) is 19.1 Å². The summed E-state index contributed by atoms with van der Waals surface area (Å²) in [6.45, 7) is 1.89. The summed E-state index contributed by atoms with van der Waals surface area (Å²) in [5.74, 6) is -0.274. The minimum absolute atomic E-state index is 0.0974. The lowest BCUT2D eigenvalue weighted by atomic mass is 10.2. The molecule has 4 nitrogen and oxygen atoms in total. The van der Waals surface area contributed by atoms with E-state index in [-0.39, 0.29) is 11.4 Å². The van der Waals surface area contributed by atoms with Gasteiger partial charge in [0.05, 0.1) is 0 Å². The first-order valence-electron chi connectivity index (χ1n) is 5.20. The summed E-state index contributed by atoms with van der Waals surface area (Å²) in [7, 11) is 0. The SMILES string of the molecule is Cc1cc(Br)ccc1Oc1cccnc1C(=O)O. The number of benzene rings is 1. The molecule has 0 saturated heterocycles. The Kier molecular flexibility index (Phi) is 3.62. The van der Waals surface area contributed by atoms with Crippen molar-refractivity contribution < 1.29 is 14.6 Å². The van der Waals surface area contributed by atoms with Gasteiger partial charge in [-0.3, -0.25) is 0 Å². The number of aromatic nitrogens is 1. The van der Waals surface area contributed by atoms with Gasteiger partial charge in [-0.15, -0.1) is 0 Å². The van der Waals surface area contributed by atoms with Crippen LogP contribution in [0.4, 0.5) is 0 Å². The molecule has 0 radical (unpaired) electrons. The smallest absolute Gasteiger partial charge is 0.358 e. The number of carbonyl (C=O) groups is 1. The summed E-state index contributed by atoms with van der Waals surface area (Å²) < 4.78 is 6.53. The van der Waals surface area contributed by atoms with E-state index in [2.05, 4.69) is 20.9 Å². The Bertz CT molecular complexity index is 599. The second-order valence-corrected chi connectivity index (χ2v) is 4.58. The largest absolute Gasteiger partial charge is 0.476 e. The van der Waals surface area contributed by atoms with E-state index < -0.39 is 5.97 Å². The molecule has 0 unspecified atom stereocenters. The number of aromatic carboxylic acids is 1. The molecule has 0 aliphatic carbocycles. The lowest BCUT2D eigenvalue weighted by molar-refractivity contribution is 0.0687. The fourth-order valence-electron chi connectivity index (χ4n) is 1.48. The van der Waals surface area contributed by atoms with Gasteiger partial charge < -0.3 is 9.84 Å². The molecule has 2 rings (SSSR count). The van der Waals surface area contributed by atoms with Crippen molar-refractivity contribution in [2.24, 2.45) is 0 Å². The minimum Gasteiger partial charge on any atom is -0.476 e. The van der Waals surface area contributed by atoms with Crippen LogP contribution in [0.1, 0.15) is 16.1 Å². The Balaban J connectivity index is 2.37. The second-order valence-electron chi connectivity index (χ2n) is 3.67. The molecule has 0 aliphatic heterocycles. The summed E-state index contributed by atoms with van der Waals surface area (Å²) in [5.41, 5.74) is 0.810. The number of nitrogens with zero attached hydrogens (tertiary/aromatic N) is 1. The van der Waals surface area contributed by atoms with Gasteiger partial charge in [-0.1, -0.05) is 15.9 Å². The van der Waals surface area contributed by atoms with Gasteiger partial charge in [-0.05, 0) is 42.8 Å². The van der Waals surface area contributed by atoms with Gasteiger partial charge in [-0.25, -0.2) is 9.78 Å². The predicted molar refractivity (Wildman–Crippen MR) is 70.1 cm³/mol. The molecule has 1 aromatic carbocycles. The molecule has 0 bridgehead atoms. The zero-order chi connectivity index (χ0) is 13.1. The molecular formula is C13H10BrNO3.